The Balaban J connectivity index is 1.59. The zero-order valence-electron chi connectivity index (χ0n) is 11.8. The number of benzene rings is 1. The topological polar surface area (TPSA) is 39.5 Å². The summed E-state index contributed by atoms with van der Waals surface area (Å²) in [6, 6.07) is 10.9. The van der Waals surface area contributed by atoms with Gasteiger partial charge in [-0.1, -0.05) is 18.2 Å². The lowest BCUT2D eigenvalue weighted by Gasteiger charge is -2.32. The quantitative estimate of drug-likeness (QED) is 0.834. The molecular weight excluding hydrogens is 250 g/mol. The lowest BCUT2D eigenvalue weighted by atomic mass is 10.1. The second-order valence-electron chi connectivity index (χ2n) is 5.59. The maximum absolute atomic E-state index is 9.16. The first kappa shape index (κ1) is 13.6. The average molecular weight is 271 g/mol. The first-order valence-corrected chi connectivity index (χ1v) is 7.39. The highest BCUT2D eigenvalue weighted by Gasteiger charge is 2.28. The molecule has 0 spiro atoms. The number of hydrogen-bond donors (Lipinski definition) is 0. The molecule has 2 heterocycles. The molecule has 106 valence electrons. The zero-order chi connectivity index (χ0) is 13.8. The van der Waals surface area contributed by atoms with Gasteiger partial charge in [0, 0.05) is 38.8 Å². The van der Waals surface area contributed by atoms with Crippen molar-refractivity contribution < 1.29 is 4.74 Å². The van der Waals surface area contributed by atoms with Gasteiger partial charge in [-0.2, -0.15) is 5.26 Å². The van der Waals surface area contributed by atoms with E-state index in [0.717, 1.165) is 57.1 Å². The molecule has 1 aromatic rings. The Bertz CT molecular complexity index is 491. The van der Waals surface area contributed by atoms with Gasteiger partial charge < -0.3 is 4.74 Å². The maximum Gasteiger partial charge on any atom is 0.0995 e. The number of morpholine rings is 1. The third kappa shape index (κ3) is 3.01. The van der Waals surface area contributed by atoms with Crippen molar-refractivity contribution >= 4 is 0 Å². The Labute approximate surface area is 120 Å². The van der Waals surface area contributed by atoms with Gasteiger partial charge in [-0.3, -0.25) is 9.80 Å². The fourth-order valence-electron chi connectivity index (χ4n) is 3.20. The molecule has 0 amide bonds. The minimum absolute atomic E-state index is 0.660. The smallest absolute Gasteiger partial charge is 0.0995 e. The van der Waals surface area contributed by atoms with Crippen molar-refractivity contribution in [2.45, 2.75) is 19.0 Å². The number of likely N-dealkylation sites (tertiary alicyclic amines) is 1. The molecule has 4 heteroatoms. The molecule has 0 aliphatic carbocycles. The largest absolute Gasteiger partial charge is 0.379 e. The second-order valence-corrected chi connectivity index (χ2v) is 5.59. The number of nitrogens with zero attached hydrogens (tertiary/aromatic N) is 3. The third-order valence-corrected chi connectivity index (χ3v) is 4.34. The fourth-order valence-corrected chi connectivity index (χ4v) is 3.20. The van der Waals surface area contributed by atoms with Crippen molar-refractivity contribution in [3.05, 3.63) is 35.4 Å². The van der Waals surface area contributed by atoms with Gasteiger partial charge in [-0.25, -0.2) is 0 Å². The van der Waals surface area contributed by atoms with Crippen LogP contribution in [0.1, 0.15) is 17.5 Å². The van der Waals surface area contributed by atoms with E-state index in [1.54, 1.807) is 0 Å². The molecular formula is C16H21N3O. The summed E-state index contributed by atoms with van der Waals surface area (Å²) in [5, 5.41) is 9.16. The van der Waals surface area contributed by atoms with E-state index in [4.69, 9.17) is 10.00 Å². The predicted molar refractivity (Wildman–Crippen MR) is 77.2 cm³/mol. The van der Waals surface area contributed by atoms with Crippen LogP contribution in [-0.2, 0) is 11.3 Å². The molecule has 1 unspecified atom stereocenters. The van der Waals surface area contributed by atoms with E-state index in [1.165, 1.54) is 6.42 Å². The van der Waals surface area contributed by atoms with E-state index in [-0.39, 0.29) is 0 Å². The van der Waals surface area contributed by atoms with Gasteiger partial charge in [0.25, 0.3) is 0 Å². The Morgan fingerprint density at radius 2 is 2.00 bits per heavy atom. The van der Waals surface area contributed by atoms with Crippen LogP contribution in [0.15, 0.2) is 24.3 Å². The van der Waals surface area contributed by atoms with Gasteiger partial charge in [-0.15, -0.1) is 0 Å². The molecule has 0 saturated carbocycles. The highest BCUT2D eigenvalue weighted by molar-refractivity contribution is 5.37. The van der Waals surface area contributed by atoms with Crippen LogP contribution in [0.2, 0.25) is 0 Å². The summed E-state index contributed by atoms with van der Waals surface area (Å²) in [5.41, 5.74) is 1.96. The molecule has 0 radical (unpaired) electrons. The van der Waals surface area contributed by atoms with E-state index >= 15 is 0 Å². The summed E-state index contributed by atoms with van der Waals surface area (Å²) in [4.78, 5) is 5.02. The van der Waals surface area contributed by atoms with Gasteiger partial charge >= 0.3 is 0 Å². The van der Waals surface area contributed by atoms with Crippen molar-refractivity contribution in [1.29, 1.82) is 5.26 Å². The summed E-state index contributed by atoms with van der Waals surface area (Å²) in [7, 11) is 0. The Morgan fingerprint density at radius 1 is 1.20 bits per heavy atom. The number of ether oxygens (including phenoxy) is 1. The van der Waals surface area contributed by atoms with Crippen LogP contribution in [0.3, 0.4) is 0 Å². The minimum Gasteiger partial charge on any atom is -0.379 e. The van der Waals surface area contributed by atoms with E-state index in [2.05, 4.69) is 21.9 Å². The van der Waals surface area contributed by atoms with Gasteiger partial charge in [0.2, 0.25) is 0 Å². The van der Waals surface area contributed by atoms with E-state index in [0.29, 0.717) is 6.04 Å². The molecule has 0 N–H and O–H groups in total. The fraction of sp³-hybridized carbons (Fsp3) is 0.562. The molecule has 3 rings (SSSR count). The standard InChI is InChI=1S/C16H21N3O/c17-11-14-3-1-2-4-15(14)12-18-6-5-16(13-18)19-7-9-20-10-8-19/h1-4,16H,5-10,12-13H2. The van der Waals surface area contributed by atoms with Gasteiger partial charge in [-0.05, 0) is 18.1 Å². The average Bonchev–Trinajstić information content (AvgIpc) is 2.97. The molecule has 1 aromatic carbocycles. The molecule has 2 saturated heterocycles. The normalized spacial score (nSPS) is 24.6. The second kappa shape index (κ2) is 6.36. The maximum atomic E-state index is 9.16. The first-order chi connectivity index (χ1) is 9.86. The SMILES string of the molecule is N#Cc1ccccc1CN1CCC(N2CCOCC2)C1. The van der Waals surface area contributed by atoms with E-state index < -0.39 is 0 Å². The lowest BCUT2D eigenvalue weighted by molar-refractivity contribution is 0.0184. The molecule has 20 heavy (non-hydrogen) atoms. The zero-order valence-corrected chi connectivity index (χ0v) is 11.8. The van der Waals surface area contributed by atoms with Crippen molar-refractivity contribution in [3.63, 3.8) is 0 Å². The Morgan fingerprint density at radius 3 is 2.80 bits per heavy atom. The third-order valence-electron chi connectivity index (χ3n) is 4.34. The summed E-state index contributed by atoms with van der Waals surface area (Å²) >= 11 is 0. The summed E-state index contributed by atoms with van der Waals surface area (Å²) in [5.74, 6) is 0. The lowest BCUT2D eigenvalue weighted by Crippen LogP contribution is -2.44. The predicted octanol–water partition coefficient (Wildman–Crippen LogP) is 1.46. The molecule has 1 atom stereocenters. The molecule has 2 fully saturated rings. The summed E-state index contributed by atoms with van der Waals surface area (Å²) in [6.45, 7) is 6.99. The Hall–Kier alpha value is -1.41. The van der Waals surface area contributed by atoms with Gasteiger partial charge in [0.15, 0.2) is 0 Å². The van der Waals surface area contributed by atoms with Crippen LogP contribution in [0, 0.1) is 11.3 Å². The van der Waals surface area contributed by atoms with Gasteiger partial charge in [0.05, 0.1) is 24.8 Å². The van der Waals surface area contributed by atoms with Crippen molar-refractivity contribution in [1.82, 2.24) is 9.80 Å². The molecule has 4 nitrogen and oxygen atoms in total. The van der Waals surface area contributed by atoms with Crippen LogP contribution in [0.25, 0.3) is 0 Å². The molecule has 2 aliphatic rings. The summed E-state index contributed by atoms with van der Waals surface area (Å²) < 4.78 is 5.42. The van der Waals surface area contributed by atoms with Crippen molar-refractivity contribution in [2.75, 3.05) is 39.4 Å². The summed E-state index contributed by atoms with van der Waals surface area (Å²) in [6.07, 6.45) is 1.23. The highest BCUT2D eigenvalue weighted by Crippen LogP contribution is 2.20. The highest BCUT2D eigenvalue weighted by atomic mass is 16.5. The monoisotopic (exact) mass is 271 g/mol. The minimum atomic E-state index is 0.660. The molecule has 0 bridgehead atoms. The van der Waals surface area contributed by atoms with Crippen LogP contribution in [0.4, 0.5) is 0 Å². The van der Waals surface area contributed by atoms with Crippen LogP contribution >= 0.6 is 0 Å². The number of rotatable bonds is 3. The first-order valence-electron chi connectivity index (χ1n) is 7.39. The van der Waals surface area contributed by atoms with E-state index in [9.17, 15) is 0 Å². The molecule has 2 aliphatic heterocycles. The van der Waals surface area contributed by atoms with Crippen LogP contribution in [0.5, 0.6) is 0 Å². The molecule has 0 aromatic heterocycles. The van der Waals surface area contributed by atoms with Crippen LogP contribution < -0.4 is 0 Å². The van der Waals surface area contributed by atoms with Crippen molar-refractivity contribution in [2.24, 2.45) is 0 Å². The Kier molecular flexibility index (Phi) is 4.31. The van der Waals surface area contributed by atoms with Crippen LogP contribution in [-0.4, -0.2) is 55.2 Å². The number of hydrogen-bond acceptors (Lipinski definition) is 4. The van der Waals surface area contributed by atoms with Crippen molar-refractivity contribution in [3.8, 4) is 6.07 Å². The number of nitriles is 1. The van der Waals surface area contributed by atoms with E-state index in [1.807, 2.05) is 18.2 Å². The van der Waals surface area contributed by atoms with Gasteiger partial charge in [0.1, 0.15) is 0 Å².